The van der Waals surface area contributed by atoms with E-state index in [4.69, 9.17) is 20.4 Å². The van der Waals surface area contributed by atoms with E-state index in [-0.39, 0.29) is 23.9 Å². The van der Waals surface area contributed by atoms with Crippen LogP contribution in [-0.4, -0.2) is 79.5 Å². The Kier molecular flexibility index (Phi) is 6.25. The molecule has 5 heterocycles. The Hall–Kier alpha value is -3.92. The van der Waals surface area contributed by atoms with Crippen molar-refractivity contribution in [2.75, 3.05) is 26.7 Å². The predicted molar refractivity (Wildman–Crippen MR) is 164 cm³/mol. The van der Waals surface area contributed by atoms with Crippen LogP contribution in [0.25, 0.3) is 33.6 Å². The third kappa shape index (κ3) is 4.32. The summed E-state index contributed by atoms with van der Waals surface area (Å²) in [6.07, 6.45) is 6.89. The van der Waals surface area contributed by atoms with Gasteiger partial charge in [-0.3, -0.25) is 9.59 Å². The molecular formula is C33H39N7O3. The van der Waals surface area contributed by atoms with Gasteiger partial charge in [0.1, 0.15) is 16.9 Å². The largest absolute Gasteiger partial charge is 0.494 e. The highest BCUT2D eigenvalue weighted by atomic mass is 16.5. The average molecular weight is 582 g/mol. The highest BCUT2D eigenvalue weighted by molar-refractivity contribution is 6.00. The molecule has 2 N–H and O–H groups in total. The Morgan fingerprint density at radius 1 is 1.02 bits per heavy atom. The molecule has 2 amide bonds. The van der Waals surface area contributed by atoms with Crippen molar-refractivity contribution in [1.29, 1.82) is 0 Å². The van der Waals surface area contributed by atoms with Crippen LogP contribution in [0.5, 0.6) is 5.75 Å². The minimum Gasteiger partial charge on any atom is -0.494 e. The summed E-state index contributed by atoms with van der Waals surface area (Å²) in [4.78, 5) is 40.1. The summed E-state index contributed by atoms with van der Waals surface area (Å²) in [5.41, 5.74) is 10.6. The molecule has 2 aliphatic carbocycles. The molecule has 224 valence electrons. The molecule has 0 spiro atoms. The molecule has 4 fully saturated rings. The van der Waals surface area contributed by atoms with Crippen molar-refractivity contribution >= 4 is 33.9 Å². The molecule has 2 saturated carbocycles. The van der Waals surface area contributed by atoms with E-state index in [9.17, 15) is 9.59 Å². The van der Waals surface area contributed by atoms with E-state index in [1.165, 1.54) is 12.8 Å². The number of fused-ring (bicyclic) bond motifs is 4. The van der Waals surface area contributed by atoms with Crippen LogP contribution in [0.1, 0.15) is 49.4 Å². The first-order valence-corrected chi connectivity index (χ1v) is 15.8. The van der Waals surface area contributed by atoms with Gasteiger partial charge in [0.15, 0.2) is 5.82 Å². The third-order valence-electron chi connectivity index (χ3n) is 10.3. The molecule has 43 heavy (non-hydrogen) atoms. The summed E-state index contributed by atoms with van der Waals surface area (Å²) < 4.78 is 10.6. The summed E-state index contributed by atoms with van der Waals surface area (Å²) >= 11 is 0. The summed E-state index contributed by atoms with van der Waals surface area (Å²) in [5.74, 6) is 3.01. The number of piperidine rings is 1. The lowest BCUT2D eigenvalue weighted by atomic mass is 9.99. The quantitative estimate of drug-likeness (QED) is 0.338. The number of ether oxygens (including phenoxy) is 1. The van der Waals surface area contributed by atoms with Gasteiger partial charge in [-0.05, 0) is 67.9 Å². The number of nitrogens with two attached hydrogens (primary N) is 1. The van der Waals surface area contributed by atoms with Gasteiger partial charge in [-0.2, -0.15) is 0 Å². The van der Waals surface area contributed by atoms with Crippen LogP contribution in [-0.2, 0) is 17.9 Å². The van der Waals surface area contributed by atoms with Crippen LogP contribution < -0.4 is 10.5 Å². The fraction of sp³-hybridized carbons (Fsp3) is 0.515. The van der Waals surface area contributed by atoms with E-state index < -0.39 is 0 Å². The topological polar surface area (TPSA) is 112 Å². The van der Waals surface area contributed by atoms with Crippen molar-refractivity contribution in [3.05, 3.63) is 42.1 Å². The normalized spacial score (nSPS) is 23.5. The number of carbonyl (C=O) groups is 2. The van der Waals surface area contributed by atoms with Gasteiger partial charge < -0.3 is 29.4 Å². The van der Waals surface area contributed by atoms with Gasteiger partial charge in [-0.15, -0.1) is 0 Å². The zero-order valence-electron chi connectivity index (χ0n) is 24.9. The predicted octanol–water partition coefficient (Wildman–Crippen LogP) is 3.90. The molecule has 10 heteroatoms. The molecule has 2 aliphatic heterocycles. The number of likely N-dealkylation sites (tertiary alicyclic amines) is 2. The van der Waals surface area contributed by atoms with E-state index in [1.54, 1.807) is 7.11 Å². The maximum Gasteiger partial charge on any atom is 0.254 e. The molecule has 1 aromatic carbocycles. The van der Waals surface area contributed by atoms with Crippen LogP contribution in [0, 0.1) is 17.8 Å². The molecule has 2 bridgehead atoms. The van der Waals surface area contributed by atoms with Gasteiger partial charge in [0.25, 0.3) is 5.91 Å². The maximum absolute atomic E-state index is 13.8. The maximum atomic E-state index is 13.8. The zero-order chi connectivity index (χ0) is 29.4. The number of nitrogens with zero attached hydrogens (tertiary/aromatic N) is 6. The number of methoxy groups -OCH3 is 1. The van der Waals surface area contributed by atoms with Crippen molar-refractivity contribution in [2.24, 2.45) is 23.5 Å². The van der Waals surface area contributed by atoms with Crippen LogP contribution >= 0.6 is 0 Å². The standard InChI is InChI=1S/C33H39N7O3/c1-3-28(41)37-14-20(15-37)17-40-30-24(11-23(13-27(30)43-2)33(42)39-18-22-8-9-25(39)29(22)34)36-32(40)26-12-21-5-4-10-35-31(21)38(26)16-19-6-7-19/h4-5,10-13,19-20,22,25,29H,3,6-9,14-18,34H2,1-2H3/t22?,25?,29-/m1/s1. The summed E-state index contributed by atoms with van der Waals surface area (Å²) in [6.45, 7) is 5.69. The zero-order valence-corrected chi connectivity index (χ0v) is 24.9. The molecule has 8 rings (SSSR count). The number of hydrogen-bond acceptors (Lipinski definition) is 6. The van der Waals surface area contributed by atoms with E-state index in [2.05, 4.69) is 21.3 Å². The van der Waals surface area contributed by atoms with Crippen LogP contribution in [0.2, 0.25) is 0 Å². The Morgan fingerprint density at radius 3 is 2.53 bits per heavy atom. The van der Waals surface area contributed by atoms with Crippen molar-refractivity contribution in [1.82, 2.24) is 28.9 Å². The lowest BCUT2D eigenvalue weighted by molar-refractivity contribution is -0.137. The molecule has 3 aromatic heterocycles. The van der Waals surface area contributed by atoms with E-state index in [1.807, 2.05) is 41.1 Å². The molecule has 4 aromatic rings. The Morgan fingerprint density at radius 2 is 1.84 bits per heavy atom. The summed E-state index contributed by atoms with van der Waals surface area (Å²) in [5, 5.41) is 1.09. The highest BCUT2D eigenvalue weighted by Gasteiger charge is 2.47. The van der Waals surface area contributed by atoms with Crippen LogP contribution in [0.15, 0.2) is 36.5 Å². The highest BCUT2D eigenvalue weighted by Crippen LogP contribution is 2.41. The monoisotopic (exact) mass is 581 g/mol. The van der Waals surface area contributed by atoms with Gasteiger partial charge in [0.05, 0.1) is 18.3 Å². The number of carbonyl (C=O) groups excluding carboxylic acids is 2. The first-order valence-electron chi connectivity index (χ1n) is 15.8. The molecule has 4 aliphatic rings. The van der Waals surface area contributed by atoms with Gasteiger partial charge >= 0.3 is 0 Å². The minimum absolute atomic E-state index is 0.00119. The van der Waals surface area contributed by atoms with Crippen molar-refractivity contribution in [3.8, 4) is 17.3 Å². The van der Waals surface area contributed by atoms with Gasteiger partial charge in [-0.25, -0.2) is 9.97 Å². The van der Waals surface area contributed by atoms with Gasteiger partial charge in [-0.1, -0.05) is 6.92 Å². The van der Waals surface area contributed by atoms with Gasteiger partial charge in [0.2, 0.25) is 5.91 Å². The smallest absolute Gasteiger partial charge is 0.254 e. The van der Waals surface area contributed by atoms with Crippen molar-refractivity contribution < 1.29 is 14.3 Å². The second-order valence-corrected chi connectivity index (χ2v) is 13.0. The molecule has 2 unspecified atom stereocenters. The van der Waals surface area contributed by atoms with Crippen LogP contribution in [0.4, 0.5) is 0 Å². The number of aromatic nitrogens is 4. The SMILES string of the molecule is CCC(=O)N1CC(Cn2c(-c3cc4cccnc4n3CC3CC3)nc3cc(C(=O)N4CC5CCC4[C@@H]5N)cc(OC)c32)C1. The first-order chi connectivity index (χ1) is 20.9. The number of amides is 2. The molecule has 10 nitrogen and oxygen atoms in total. The first kappa shape index (κ1) is 26.7. The fourth-order valence-corrected chi connectivity index (χ4v) is 7.72. The Labute approximate surface area is 250 Å². The lowest BCUT2D eigenvalue weighted by Gasteiger charge is -2.39. The van der Waals surface area contributed by atoms with Gasteiger partial charge in [0, 0.05) is 74.3 Å². The molecular weight excluding hydrogens is 542 g/mol. The number of rotatable bonds is 8. The number of pyridine rings is 1. The average Bonchev–Trinajstić information content (AvgIpc) is 3.36. The molecule has 0 radical (unpaired) electrons. The number of imidazole rings is 1. The second-order valence-electron chi connectivity index (χ2n) is 13.0. The van der Waals surface area contributed by atoms with Crippen molar-refractivity contribution in [3.63, 3.8) is 0 Å². The fourth-order valence-electron chi connectivity index (χ4n) is 7.72. The van der Waals surface area contributed by atoms with E-state index in [0.29, 0.717) is 48.6 Å². The second kappa shape index (κ2) is 10.1. The summed E-state index contributed by atoms with van der Waals surface area (Å²) in [7, 11) is 1.66. The number of benzene rings is 1. The third-order valence-corrected chi connectivity index (χ3v) is 10.3. The van der Waals surface area contributed by atoms with E-state index >= 15 is 0 Å². The lowest BCUT2D eigenvalue weighted by Crippen LogP contribution is -2.51. The molecule has 2 saturated heterocycles. The summed E-state index contributed by atoms with van der Waals surface area (Å²) in [6, 6.07) is 10.2. The van der Waals surface area contributed by atoms with Crippen molar-refractivity contribution in [2.45, 2.75) is 64.2 Å². The van der Waals surface area contributed by atoms with Crippen LogP contribution in [0.3, 0.4) is 0 Å². The molecule has 3 atom stereocenters. The Balaban J connectivity index is 1.25. The minimum atomic E-state index is -0.00119. The van der Waals surface area contributed by atoms with E-state index in [0.717, 1.165) is 66.1 Å². The number of hydrogen-bond donors (Lipinski definition) is 1. The Bertz CT molecular complexity index is 1750.